The van der Waals surface area contributed by atoms with Crippen LogP contribution in [0.2, 0.25) is 0 Å². The van der Waals surface area contributed by atoms with Crippen LogP contribution in [0.1, 0.15) is 17.7 Å². The van der Waals surface area contributed by atoms with E-state index in [1.54, 1.807) is 11.3 Å². The van der Waals surface area contributed by atoms with Crippen molar-refractivity contribution in [1.29, 1.82) is 0 Å². The van der Waals surface area contributed by atoms with Crippen LogP contribution < -0.4 is 9.47 Å². The highest BCUT2D eigenvalue weighted by Crippen LogP contribution is 2.23. The summed E-state index contributed by atoms with van der Waals surface area (Å²) in [6.45, 7) is 2.89. The molecule has 0 saturated carbocycles. The van der Waals surface area contributed by atoms with E-state index in [1.807, 2.05) is 43.3 Å². The Morgan fingerprint density at radius 3 is 2.56 bits per heavy atom. The first-order valence-corrected chi connectivity index (χ1v) is 10.2. The quantitative estimate of drug-likeness (QED) is 0.376. The number of hydrogen-bond donors (Lipinski definition) is 0. The Hall–Kier alpha value is -1.64. The molecule has 0 bridgehead atoms. The molecule has 1 heterocycles. The SMILES string of the molecule is COS(=O)CCCC[n+]1cc(C)sc1N=Nc1ccc(N(C)C)cc1. The second-order valence-electron chi connectivity index (χ2n) is 5.81. The van der Waals surface area contributed by atoms with E-state index in [1.165, 1.54) is 12.0 Å². The summed E-state index contributed by atoms with van der Waals surface area (Å²) >= 11 is 0.449. The molecule has 0 aliphatic carbocycles. The second kappa shape index (κ2) is 9.74. The number of aromatic nitrogens is 1. The van der Waals surface area contributed by atoms with E-state index < -0.39 is 11.1 Å². The molecule has 0 radical (unpaired) electrons. The first kappa shape index (κ1) is 19.7. The van der Waals surface area contributed by atoms with Crippen LogP contribution >= 0.6 is 11.3 Å². The molecule has 0 amide bonds. The number of benzene rings is 1. The van der Waals surface area contributed by atoms with Gasteiger partial charge < -0.3 is 4.90 Å². The van der Waals surface area contributed by atoms with E-state index in [9.17, 15) is 4.21 Å². The molecule has 6 nitrogen and oxygen atoms in total. The summed E-state index contributed by atoms with van der Waals surface area (Å²) in [6, 6.07) is 7.98. The summed E-state index contributed by atoms with van der Waals surface area (Å²) in [5, 5.41) is 9.63. The predicted octanol–water partition coefficient (Wildman–Crippen LogP) is 3.92. The summed E-state index contributed by atoms with van der Waals surface area (Å²) in [5.41, 5.74) is 1.97. The van der Waals surface area contributed by atoms with Gasteiger partial charge in [-0.1, -0.05) is 0 Å². The van der Waals surface area contributed by atoms with E-state index in [4.69, 9.17) is 4.18 Å². The van der Waals surface area contributed by atoms with E-state index in [0.29, 0.717) is 5.75 Å². The first-order chi connectivity index (χ1) is 12.0. The Labute approximate surface area is 155 Å². The number of unbranched alkanes of at least 4 members (excludes halogenated alkanes) is 1. The molecule has 1 aromatic carbocycles. The van der Waals surface area contributed by atoms with Crippen molar-refractivity contribution in [1.82, 2.24) is 0 Å². The van der Waals surface area contributed by atoms with E-state index in [-0.39, 0.29) is 0 Å². The topological polar surface area (TPSA) is 58.1 Å². The molecule has 0 aliphatic rings. The van der Waals surface area contributed by atoms with Gasteiger partial charge in [-0.15, -0.1) is 0 Å². The normalized spacial score (nSPS) is 12.6. The molecule has 1 aromatic heterocycles. The number of thiazole rings is 1. The number of azo groups is 1. The third-order valence-corrected chi connectivity index (χ3v) is 5.52. The van der Waals surface area contributed by atoms with Crippen molar-refractivity contribution in [2.75, 3.05) is 31.9 Å². The Bertz CT molecular complexity index is 727. The molecule has 2 aromatic rings. The van der Waals surface area contributed by atoms with Gasteiger partial charge in [-0.2, -0.15) is 0 Å². The molecule has 0 aliphatic heterocycles. The summed E-state index contributed by atoms with van der Waals surface area (Å²) < 4.78 is 18.1. The molecular weight excluding hydrogens is 356 g/mol. The standard InChI is InChI=1S/C17H25N4O2S2/c1-14-13-21(11-5-6-12-25(22)23-4)17(24-14)19-18-15-7-9-16(10-8-15)20(2)3/h7-10,13H,5-6,11-12H2,1-4H3/q+1. The number of hydrogen-bond acceptors (Lipinski definition) is 6. The monoisotopic (exact) mass is 381 g/mol. The van der Waals surface area contributed by atoms with Gasteiger partial charge in [0.05, 0.1) is 18.8 Å². The smallest absolute Gasteiger partial charge is 0.378 e. The average molecular weight is 382 g/mol. The summed E-state index contributed by atoms with van der Waals surface area (Å²) in [5.74, 6) is 0.565. The van der Waals surface area contributed by atoms with Gasteiger partial charge in [-0.25, -0.2) is 8.78 Å². The van der Waals surface area contributed by atoms with E-state index in [2.05, 4.69) is 27.9 Å². The van der Waals surface area contributed by atoms with Gasteiger partial charge >= 0.3 is 5.13 Å². The van der Waals surface area contributed by atoms with E-state index in [0.717, 1.165) is 35.9 Å². The highest BCUT2D eigenvalue weighted by molar-refractivity contribution is 7.80. The maximum absolute atomic E-state index is 11.3. The summed E-state index contributed by atoms with van der Waals surface area (Å²) in [6.07, 6.45) is 3.86. The Morgan fingerprint density at radius 1 is 1.20 bits per heavy atom. The largest absolute Gasteiger partial charge is 0.408 e. The van der Waals surface area contributed by atoms with Crippen molar-refractivity contribution in [2.45, 2.75) is 26.3 Å². The minimum atomic E-state index is -1.17. The molecule has 1 unspecified atom stereocenters. The zero-order chi connectivity index (χ0) is 18.2. The summed E-state index contributed by atoms with van der Waals surface area (Å²) in [7, 11) is 5.49. The molecule has 1 atom stereocenters. The summed E-state index contributed by atoms with van der Waals surface area (Å²) in [4.78, 5) is 3.24. The maximum atomic E-state index is 11.3. The third-order valence-electron chi connectivity index (χ3n) is 3.60. The molecule has 8 heteroatoms. The van der Waals surface area contributed by atoms with Crippen LogP contribution in [0.4, 0.5) is 16.5 Å². The fraction of sp³-hybridized carbons (Fsp3) is 0.471. The average Bonchev–Trinajstić information content (AvgIpc) is 2.96. The Morgan fingerprint density at radius 2 is 1.92 bits per heavy atom. The van der Waals surface area contributed by atoms with Crippen molar-refractivity contribution in [3.63, 3.8) is 0 Å². The third kappa shape index (κ3) is 6.30. The second-order valence-corrected chi connectivity index (χ2v) is 8.37. The molecule has 0 spiro atoms. The highest BCUT2D eigenvalue weighted by atomic mass is 32.2. The zero-order valence-electron chi connectivity index (χ0n) is 15.1. The van der Waals surface area contributed by atoms with Crippen molar-refractivity contribution in [3.05, 3.63) is 35.3 Å². The zero-order valence-corrected chi connectivity index (χ0v) is 16.8. The van der Waals surface area contributed by atoms with Crippen molar-refractivity contribution in [3.8, 4) is 0 Å². The number of aryl methyl sites for hydroxylation is 2. The van der Waals surface area contributed by atoms with Gasteiger partial charge in [0.25, 0.3) is 0 Å². The van der Waals surface area contributed by atoms with Crippen LogP contribution in [-0.2, 0) is 21.8 Å². The molecule has 0 fully saturated rings. The molecule has 0 N–H and O–H groups in total. The van der Waals surface area contributed by atoms with Gasteiger partial charge in [0.2, 0.25) is 0 Å². The Balaban J connectivity index is 1.98. The van der Waals surface area contributed by atoms with Gasteiger partial charge in [-0.3, -0.25) is 4.18 Å². The van der Waals surface area contributed by atoms with Crippen LogP contribution in [0.25, 0.3) is 0 Å². The number of nitrogens with zero attached hydrogens (tertiary/aromatic N) is 4. The van der Waals surface area contributed by atoms with Crippen LogP contribution in [-0.4, -0.2) is 31.2 Å². The lowest BCUT2D eigenvalue weighted by molar-refractivity contribution is -0.680. The van der Waals surface area contributed by atoms with Gasteiger partial charge in [0.1, 0.15) is 11.9 Å². The first-order valence-electron chi connectivity index (χ1n) is 8.11. The fourth-order valence-electron chi connectivity index (χ4n) is 2.25. The van der Waals surface area contributed by atoms with Gasteiger partial charge in [0, 0.05) is 30.4 Å². The minimum absolute atomic E-state index is 0.565. The van der Waals surface area contributed by atoms with Gasteiger partial charge in [0.15, 0.2) is 11.1 Å². The van der Waals surface area contributed by atoms with Crippen molar-refractivity contribution < 1.29 is 13.0 Å². The van der Waals surface area contributed by atoms with Crippen LogP contribution in [0.15, 0.2) is 40.7 Å². The van der Waals surface area contributed by atoms with Crippen molar-refractivity contribution >= 4 is 38.9 Å². The molecule has 2 rings (SSSR count). The molecular formula is C17H25N4O2S2+. The lowest BCUT2D eigenvalue weighted by Crippen LogP contribution is -2.31. The predicted molar refractivity (Wildman–Crippen MR) is 103 cm³/mol. The maximum Gasteiger partial charge on any atom is 0.408 e. The highest BCUT2D eigenvalue weighted by Gasteiger charge is 2.14. The van der Waals surface area contributed by atoms with Crippen LogP contribution in [0.5, 0.6) is 0 Å². The van der Waals surface area contributed by atoms with Crippen molar-refractivity contribution in [2.24, 2.45) is 10.2 Å². The van der Waals surface area contributed by atoms with E-state index >= 15 is 0 Å². The number of rotatable bonds is 9. The number of anilines is 1. The van der Waals surface area contributed by atoms with Crippen LogP contribution in [0.3, 0.4) is 0 Å². The van der Waals surface area contributed by atoms with Crippen LogP contribution in [0, 0.1) is 6.92 Å². The lowest BCUT2D eigenvalue weighted by Gasteiger charge is -2.11. The minimum Gasteiger partial charge on any atom is -0.378 e. The lowest BCUT2D eigenvalue weighted by atomic mass is 10.3. The molecule has 136 valence electrons. The Kier molecular flexibility index (Phi) is 7.67. The molecule has 0 saturated heterocycles. The molecule has 25 heavy (non-hydrogen) atoms. The van der Waals surface area contributed by atoms with Gasteiger partial charge in [-0.05, 0) is 60.5 Å². The fourth-order valence-corrected chi connectivity index (χ4v) is 3.66.